The Morgan fingerprint density at radius 1 is 1.33 bits per heavy atom. The molecule has 2 fully saturated rings. The number of carbonyl (C=O) groups is 1. The van der Waals surface area contributed by atoms with Gasteiger partial charge in [0.1, 0.15) is 6.04 Å². The Morgan fingerprint density at radius 3 is 2.60 bits per heavy atom. The van der Waals surface area contributed by atoms with Crippen molar-refractivity contribution in [3.05, 3.63) is 0 Å². The van der Waals surface area contributed by atoms with Crippen LogP contribution in [-0.4, -0.2) is 47.8 Å². The third-order valence-corrected chi connectivity index (χ3v) is 3.65. The average molecular weight is 213 g/mol. The van der Waals surface area contributed by atoms with Gasteiger partial charge in [-0.25, -0.2) is 0 Å². The molecule has 1 heterocycles. The minimum absolute atomic E-state index is 0.104. The number of esters is 1. The molecule has 0 aromatic carbocycles. The fraction of sp³-hybridized carbons (Fsp3) is 0.909. The topological polar surface area (TPSA) is 49.8 Å². The second-order valence-electron chi connectivity index (χ2n) is 4.48. The zero-order chi connectivity index (χ0) is 10.8. The molecular weight excluding hydrogens is 194 g/mol. The summed E-state index contributed by atoms with van der Waals surface area (Å²) in [5, 5.41) is 9.88. The van der Waals surface area contributed by atoms with Crippen LogP contribution in [0.2, 0.25) is 0 Å². The van der Waals surface area contributed by atoms with Crippen molar-refractivity contribution < 1.29 is 14.6 Å². The van der Waals surface area contributed by atoms with Crippen LogP contribution in [0.25, 0.3) is 0 Å². The lowest BCUT2D eigenvalue weighted by molar-refractivity contribution is -0.157. The number of carbonyl (C=O) groups excluding carboxylic acids is 1. The molecular formula is C11H19NO3. The highest BCUT2D eigenvalue weighted by atomic mass is 16.5. The summed E-state index contributed by atoms with van der Waals surface area (Å²) in [4.78, 5) is 13.5. The van der Waals surface area contributed by atoms with Gasteiger partial charge < -0.3 is 9.84 Å². The Hall–Kier alpha value is -0.610. The molecule has 0 radical (unpaired) electrons. The molecule has 3 atom stereocenters. The number of likely N-dealkylation sites (tertiary alicyclic amines) is 1. The maximum atomic E-state index is 11.4. The molecule has 0 bridgehead atoms. The smallest absolute Gasteiger partial charge is 0.323 e. The van der Waals surface area contributed by atoms with Crippen molar-refractivity contribution in [1.29, 1.82) is 0 Å². The second kappa shape index (κ2) is 4.49. The van der Waals surface area contributed by atoms with Crippen LogP contribution in [0.3, 0.4) is 0 Å². The van der Waals surface area contributed by atoms with Crippen LogP contribution in [0, 0.1) is 0 Å². The lowest BCUT2D eigenvalue weighted by atomic mass is 9.87. The monoisotopic (exact) mass is 213 g/mol. The maximum absolute atomic E-state index is 11.4. The van der Waals surface area contributed by atoms with Gasteiger partial charge in [-0.3, -0.25) is 9.69 Å². The molecule has 15 heavy (non-hydrogen) atoms. The molecule has 2 rings (SSSR count). The molecule has 4 heteroatoms. The van der Waals surface area contributed by atoms with E-state index in [1.807, 2.05) is 0 Å². The molecule has 1 saturated heterocycles. The van der Waals surface area contributed by atoms with E-state index in [0.717, 1.165) is 38.6 Å². The van der Waals surface area contributed by atoms with Crippen LogP contribution in [0.1, 0.15) is 32.1 Å². The van der Waals surface area contributed by atoms with Gasteiger partial charge in [-0.1, -0.05) is 12.8 Å². The van der Waals surface area contributed by atoms with Gasteiger partial charge >= 0.3 is 5.97 Å². The zero-order valence-electron chi connectivity index (χ0n) is 9.19. The van der Waals surface area contributed by atoms with Crippen LogP contribution in [0.4, 0.5) is 0 Å². The van der Waals surface area contributed by atoms with E-state index in [4.69, 9.17) is 4.74 Å². The van der Waals surface area contributed by atoms with Gasteiger partial charge in [-0.15, -0.1) is 0 Å². The van der Waals surface area contributed by atoms with E-state index in [1.54, 1.807) is 0 Å². The molecule has 0 amide bonds. The van der Waals surface area contributed by atoms with Crippen LogP contribution in [-0.2, 0) is 9.53 Å². The van der Waals surface area contributed by atoms with E-state index >= 15 is 0 Å². The second-order valence-corrected chi connectivity index (χ2v) is 4.48. The minimum Gasteiger partial charge on any atom is -0.468 e. The quantitative estimate of drug-likeness (QED) is 0.680. The van der Waals surface area contributed by atoms with Gasteiger partial charge in [0, 0.05) is 12.6 Å². The van der Waals surface area contributed by atoms with Crippen LogP contribution in [0.5, 0.6) is 0 Å². The summed E-state index contributed by atoms with van der Waals surface area (Å²) in [6.07, 6.45) is 4.76. The van der Waals surface area contributed by atoms with E-state index in [-0.39, 0.29) is 24.2 Å². The summed E-state index contributed by atoms with van der Waals surface area (Å²) in [5.41, 5.74) is 0. The molecule has 1 saturated carbocycles. The third-order valence-electron chi connectivity index (χ3n) is 3.65. The highest BCUT2D eigenvalue weighted by molar-refractivity contribution is 5.76. The molecule has 86 valence electrons. The largest absolute Gasteiger partial charge is 0.468 e. The molecule has 3 unspecified atom stereocenters. The highest BCUT2D eigenvalue weighted by Gasteiger charge is 2.42. The van der Waals surface area contributed by atoms with E-state index in [2.05, 4.69) is 4.90 Å². The SMILES string of the molecule is COC(=O)C1CCN1C1CCCCC1O. The Balaban J connectivity index is 1.95. The Labute approximate surface area is 90.2 Å². The van der Waals surface area contributed by atoms with Crippen molar-refractivity contribution in [3.63, 3.8) is 0 Å². The average Bonchev–Trinajstić information content (AvgIpc) is 2.19. The molecule has 1 aliphatic carbocycles. The number of hydrogen-bond acceptors (Lipinski definition) is 4. The van der Waals surface area contributed by atoms with Gasteiger partial charge in [-0.2, -0.15) is 0 Å². The fourth-order valence-electron chi connectivity index (χ4n) is 2.67. The van der Waals surface area contributed by atoms with Crippen molar-refractivity contribution >= 4 is 5.97 Å². The lowest BCUT2D eigenvalue weighted by Gasteiger charge is -2.47. The first-order chi connectivity index (χ1) is 7.24. The van der Waals surface area contributed by atoms with Crippen molar-refractivity contribution in [3.8, 4) is 0 Å². The molecule has 1 aliphatic heterocycles. The van der Waals surface area contributed by atoms with Crippen molar-refractivity contribution in [2.45, 2.75) is 50.3 Å². The summed E-state index contributed by atoms with van der Waals surface area (Å²) < 4.78 is 4.75. The third kappa shape index (κ3) is 2.01. The minimum atomic E-state index is -0.258. The van der Waals surface area contributed by atoms with Crippen LogP contribution < -0.4 is 0 Å². The summed E-state index contributed by atoms with van der Waals surface area (Å²) in [5.74, 6) is -0.154. The van der Waals surface area contributed by atoms with Crippen LogP contribution in [0.15, 0.2) is 0 Å². The zero-order valence-corrected chi connectivity index (χ0v) is 9.19. The van der Waals surface area contributed by atoms with Crippen molar-refractivity contribution in [2.24, 2.45) is 0 Å². The van der Waals surface area contributed by atoms with E-state index < -0.39 is 0 Å². The molecule has 0 spiro atoms. The van der Waals surface area contributed by atoms with Gasteiger partial charge in [-0.05, 0) is 19.3 Å². The van der Waals surface area contributed by atoms with Gasteiger partial charge in [0.25, 0.3) is 0 Å². The molecule has 1 N–H and O–H groups in total. The fourth-order valence-corrected chi connectivity index (χ4v) is 2.67. The summed E-state index contributed by atoms with van der Waals surface area (Å²) in [6.45, 7) is 0.918. The van der Waals surface area contributed by atoms with Gasteiger partial charge in [0.15, 0.2) is 0 Å². The number of methoxy groups -OCH3 is 1. The Kier molecular flexibility index (Phi) is 3.26. The van der Waals surface area contributed by atoms with Gasteiger partial charge in [0.2, 0.25) is 0 Å². The molecule has 4 nitrogen and oxygen atoms in total. The predicted molar refractivity (Wildman–Crippen MR) is 55.4 cm³/mol. The molecule has 2 aliphatic rings. The molecule has 0 aromatic heterocycles. The first-order valence-electron chi connectivity index (χ1n) is 5.75. The first-order valence-corrected chi connectivity index (χ1v) is 5.75. The van der Waals surface area contributed by atoms with E-state index in [1.165, 1.54) is 7.11 Å². The number of ether oxygens (including phenoxy) is 1. The molecule has 0 aromatic rings. The van der Waals surface area contributed by atoms with Crippen molar-refractivity contribution in [2.75, 3.05) is 13.7 Å². The highest BCUT2D eigenvalue weighted by Crippen LogP contribution is 2.30. The number of rotatable bonds is 2. The standard InChI is InChI=1S/C11H19NO3/c1-15-11(14)9-6-7-12(9)8-4-2-3-5-10(8)13/h8-10,13H,2-7H2,1H3. The van der Waals surface area contributed by atoms with Gasteiger partial charge in [0.05, 0.1) is 13.2 Å². The summed E-state index contributed by atoms with van der Waals surface area (Å²) in [6, 6.07) is 0.0735. The summed E-state index contributed by atoms with van der Waals surface area (Å²) in [7, 11) is 1.43. The number of aliphatic hydroxyl groups excluding tert-OH is 1. The lowest BCUT2D eigenvalue weighted by Crippen LogP contribution is -2.60. The maximum Gasteiger partial charge on any atom is 0.323 e. The van der Waals surface area contributed by atoms with Crippen molar-refractivity contribution in [1.82, 2.24) is 4.90 Å². The Morgan fingerprint density at radius 2 is 2.07 bits per heavy atom. The number of aliphatic hydroxyl groups is 1. The summed E-state index contributed by atoms with van der Waals surface area (Å²) >= 11 is 0. The first kappa shape index (κ1) is 10.9. The number of hydrogen-bond donors (Lipinski definition) is 1. The van der Waals surface area contributed by atoms with E-state index in [9.17, 15) is 9.90 Å². The normalized spacial score (nSPS) is 37.1. The van der Waals surface area contributed by atoms with E-state index in [0.29, 0.717) is 0 Å². The number of nitrogens with zero attached hydrogens (tertiary/aromatic N) is 1. The Bertz CT molecular complexity index is 244. The predicted octanol–water partition coefficient (Wildman–Crippen LogP) is 0.537. The van der Waals surface area contributed by atoms with Crippen LogP contribution >= 0.6 is 0 Å².